The summed E-state index contributed by atoms with van der Waals surface area (Å²) in [5.41, 5.74) is 0.467. The van der Waals surface area contributed by atoms with Gasteiger partial charge in [-0.05, 0) is 30.2 Å². The first-order valence-electron chi connectivity index (χ1n) is 13.5. The normalized spacial score (nSPS) is 19.9. The SMILES string of the molecule is CCOC(=O)COC(O)Oc1c2n(ccc1=O)N([C@@H]1c3ccccc3SCc3c1ccc(F)c3F)[C@@H]1COCCN1C2=O. The lowest BCUT2D eigenvalue weighted by atomic mass is 9.93. The Morgan fingerprint density at radius 1 is 1.16 bits per heavy atom. The van der Waals surface area contributed by atoms with Gasteiger partial charge in [0.1, 0.15) is 6.17 Å². The molecule has 0 saturated carbocycles. The van der Waals surface area contributed by atoms with Gasteiger partial charge in [0.25, 0.3) is 5.91 Å². The average molecular weight is 616 g/mol. The van der Waals surface area contributed by atoms with Crippen molar-refractivity contribution in [1.29, 1.82) is 0 Å². The number of hydrogen-bond donors (Lipinski definition) is 1. The number of nitrogens with zero attached hydrogens (tertiary/aromatic N) is 3. The molecule has 4 heterocycles. The van der Waals surface area contributed by atoms with Gasteiger partial charge >= 0.3 is 12.4 Å². The topological polar surface area (TPSA) is 120 Å². The van der Waals surface area contributed by atoms with E-state index in [-0.39, 0.29) is 43.4 Å². The molecule has 226 valence electrons. The Morgan fingerprint density at radius 3 is 2.79 bits per heavy atom. The summed E-state index contributed by atoms with van der Waals surface area (Å²) >= 11 is 1.36. The van der Waals surface area contributed by atoms with Crippen molar-refractivity contribution in [2.75, 3.05) is 38.0 Å². The zero-order valence-electron chi connectivity index (χ0n) is 22.9. The molecule has 1 aromatic heterocycles. The van der Waals surface area contributed by atoms with Gasteiger partial charge in [-0.25, -0.2) is 13.6 Å². The number of benzene rings is 2. The first-order valence-corrected chi connectivity index (χ1v) is 14.5. The molecule has 1 N–H and O–H groups in total. The van der Waals surface area contributed by atoms with Crippen LogP contribution < -0.4 is 15.2 Å². The van der Waals surface area contributed by atoms with Crippen LogP contribution in [0.1, 0.15) is 40.1 Å². The van der Waals surface area contributed by atoms with Gasteiger partial charge in [-0.15, -0.1) is 11.8 Å². The highest BCUT2D eigenvalue weighted by molar-refractivity contribution is 7.98. The first-order chi connectivity index (χ1) is 20.8. The lowest BCUT2D eigenvalue weighted by molar-refractivity contribution is -0.222. The molecule has 1 unspecified atom stereocenters. The average Bonchev–Trinajstić information content (AvgIpc) is 3.17. The minimum absolute atomic E-state index is 0.0869. The number of halogens is 2. The molecule has 3 atom stereocenters. The summed E-state index contributed by atoms with van der Waals surface area (Å²) in [6.45, 7) is -0.565. The van der Waals surface area contributed by atoms with E-state index in [0.717, 1.165) is 22.6 Å². The Kier molecular flexibility index (Phi) is 8.09. The molecule has 43 heavy (non-hydrogen) atoms. The molecule has 6 rings (SSSR count). The summed E-state index contributed by atoms with van der Waals surface area (Å²) in [6, 6.07) is 10.4. The largest absolute Gasteiger partial charge is 0.464 e. The maximum atomic E-state index is 15.3. The van der Waals surface area contributed by atoms with Gasteiger partial charge in [-0.1, -0.05) is 24.3 Å². The molecule has 0 spiro atoms. The Bertz CT molecular complexity index is 1640. The number of ether oxygens (including phenoxy) is 4. The molecule has 14 heteroatoms. The van der Waals surface area contributed by atoms with Gasteiger partial charge in [0, 0.05) is 35.0 Å². The number of aromatic nitrogens is 1. The number of morpholine rings is 1. The van der Waals surface area contributed by atoms with Crippen molar-refractivity contribution in [3.05, 3.63) is 92.9 Å². The predicted molar refractivity (Wildman–Crippen MR) is 148 cm³/mol. The lowest BCUT2D eigenvalue weighted by Gasteiger charge is -2.51. The fourth-order valence-corrected chi connectivity index (χ4v) is 6.68. The van der Waals surface area contributed by atoms with Gasteiger partial charge in [-0.3, -0.25) is 19.3 Å². The van der Waals surface area contributed by atoms with Crippen molar-refractivity contribution in [3.63, 3.8) is 0 Å². The highest BCUT2D eigenvalue weighted by Crippen LogP contribution is 2.45. The van der Waals surface area contributed by atoms with Crippen LogP contribution in [0.5, 0.6) is 5.75 Å². The number of esters is 1. The maximum Gasteiger partial charge on any atom is 0.332 e. The van der Waals surface area contributed by atoms with Crippen molar-refractivity contribution in [1.82, 2.24) is 9.58 Å². The van der Waals surface area contributed by atoms with Gasteiger partial charge in [-0.2, -0.15) is 0 Å². The lowest BCUT2D eigenvalue weighted by Crippen LogP contribution is -2.66. The number of fused-ring (bicyclic) bond motifs is 4. The molecular weight excluding hydrogens is 588 g/mol. The minimum Gasteiger partial charge on any atom is -0.464 e. The Labute approximate surface area is 248 Å². The zero-order valence-corrected chi connectivity index (χ0v) is 23.7. The Morgan fingerprint density at radius 2 is 1.98 bits per heavy atom. The third-order valence-electron chi connectivity index (χ3n) is 7.40. The maximum absolute atomic E-state index is 15.3. The Balaban J connectivity index is 1.52. The smallest absolute Gasteiger partial charge is 0.332 e. The number of aliphatic hydroxyl groups is 1. The number of aliphatic hydroxyl groups excluding tert-OH is 1. The first kappa shape index (κ1) is 29.1. The molecule has 3 aromatic rings. The summed E-state index contributed by atoms with van der Waals surface area (Å²) in [5.74, 6) is -3.62. The van der Waals surface area contributed by atoms with Crippen molar-refractivity contribution in [2.45, 2.75) is 36.3 Å². The number of carbonyl (C=O) groups excluding carboxylic acids is 2. The van der Waals surface area contributed by atoms with E-state index in [1.807, 2.05) is 24.3 Å². The van der Waals surface area contributed by atoms with Crippen LogP contribution >= 0.6 is 11.8 Å². The fraction of sp³-hybridized carbons (Fsp3) is 0.345. The van der Waals surface area contributed by atoms with Crippen LogP contribution in [-0.4, -0.2) is 72.2 Å². The van der Waals surface area contributed by atoms with Gasteiger partial charge in [0.05, 0.1) is 25.9 Å². The molecule has 0 radical (unpaired) electrons. The molecular formula is C29H27F2N3O8S. The van der Waals surface area contributed by atoms with Crippen LogP contribution in [0.25, 0.3) is 0 Å². The highest BCUT2D eigenvalue weighted by atomic mass is 32.2. The van der Waals surface area contributed by atoms with E-state index in [0.29, 0.717) is 5.56 Å². The monoisotopic (exact) mass is 615 g/mol. The number of thioether (sulfide) groups is 1. The third-order valence-corrected chi connectivity index (χ3v) is 8.52. The van der Waals surface area contributed by atoms with E-state index in [1.54, 1.807) is 11.9 Å². The zero-order chi connectivity index (χ0) is 30.2. The van der Waals surface area contributed by atoms with Crippen LogP contribution in [0.3, 0.4) is 0 Å². The highest BCUT2D eigenvalue weighted by Gasteiger charge is 2.46. The second kappa shape index (κ2) is 12.0. The van der Waals surface area contributed by atoms with Crippen LogP contribution in [0, 0.1) is 11.6 Å². The quantitative estimate of drug-likeness (QED) is 0.314. The molecule has 0 aliphatic carbocycles. The number of amides is 1. The van der Waals surface area contributed by atoms with E-state index < -0.39 is 60.0 Å². The summed E-state index contributed by atoms with van der Waals surface area (Å²) in [5, 5.41) is 12.2. The van der Waals surface area contributed by atoms with Crippen LogP contribution in [0.15, 0.2) is 58.4 Å². The van der Waals surface area contributed by atoms with Crippen molar-refractivity contribution in [2.24, 2.45) is 0 Å². The second-order valence-corrected chi connectivity index (χ2v) is 10.9. The number of pyridine rings is 1. The molecule has 1 saturated heterocycles. The van der Waals surface area contributed by atoms with Crippen molar-refractivity contribution in [3.8, 4) is 5.75 Å². The second-order valence-electron chi connectivity index (χ2n) is 9.84. The standard InChI is InChI=1S/C29H27F2N3O8S/c1-2-40-23(36)14-41-29(38)42-27-20(35)9-10-33-26(27)28(37)32-11-12-39-13-22(32)34(33)25-16-7-8-19(30)24(31)18(16)15-43-21-6-4-3-5-17(21)25/h3-10,22,25,29,38H,2,11-15H2,1H3/t22-,25+,29?/m1/s1. The van der Waals surface area contributed by atoms with Crippen molar-refractivity contribution >= 4 is 23.6 Å². The summed E-state index contributed by atoms with van der Waals surface area (Å²) < 4.78 is 52.2. The number of carbonyl (C=O) groups is 2. The summed E-state index contributed by atoms with van der Waals surface area (Å²) in [6.07, 6.45) is 0.677. The van der Waals surface area contributed by atoms with Gasteiger partial charge < -0.3 is 29.0 Å². The minimum atomic E-state index is -2.08. The van der Waals surface area contributed by atoms with E-state index in [1.165, 1.54) is 33.6 Å². The fourth-order valence-electron chi connectivity index (χ4n) is 5.56. The van der Waals surface area contributed by atoms with E-state index in [2.05, 4.69) is 0 Å². The van der Waals surface area contributed by atoms with Gasteiger partial charge in [0.15, 0.2) is 23.9 Å². The molecule has 0 bridgehead atoms. The van der Waals surface area contributed by atoms with Crippen LogP contribution in [0.4, 0.5) is 8.78 Å². The third kappa shape index (κ3) is 5.24. The number of rotatable bonds is 7. The molecule has 11 nitrogen and oxygen atoms in total. The van der Waals surface area contributed by atoms with E-state index in [4.69, 9.17) is 18.9 Å². The molecule has 3 aliphatic rings. The predicted octanol–water partition coefficient (Wildman–Crippen LogP) is 2.51. The summed E-state index contributed by atoms with van der Waals surface area (Å²) in [4.78, 5) is 41.0. The molecule has 1 fully saturated rings. The van der Waals surface area contributed by atoms with E-state index >= 15 is 4.39 Å². The van der Waals surface area contributed by atoms with Crippen LogP contribution in [-0.2, 0) is 24.8 Å². The molecule has 3 aliphatic heterocycles. The Hall–Kier alpha value is -3.98. The van der Waals surface area contributed by atoms with Gasteiger partial charge in [0.2, 0.25) is 11.2 Å². The van der Waals surface area contributed by atoms with Crippen molar-refractivity contribution < 1.29 is 42.4 Å². The molecule has 1 amide bonds. The van der Waals surface area contributed by atoms with Crippen LogP contribution in [0.2, 0.25) is 0 Å². The molecule has 2 aromatic carbocycles. The van der Waals surface area contributed by atoms with E-state index in [9.17, 15) is 23.9 Å². The summed E-state index contributed by atoms with van der Waals surface area (Å²) in [7, 11) is 0. The number of hydrogen-bond acceptors (Lipinski definition) is 10.